The molecule has 2 N–H and O–H groups in total. The largest absolute Gasteiger partial charge is 0.492 e. The van der Waals surface area contributed by atoms with Crippen LogP contribution in [0.5, 0.6) is 23.0 Å². The fraction of sp³-hybridized carbons (Fsp3) is 0.256. The van der Waals surface area contributed by atoms with E-state index in [4.69, 9.17) is 24.1 Å². The van der Waals surface area contributed by atoms with Crippen LogP contribution in [0.4, 0.5) is 4.79 Å². The molecule has 0 radical (unpaired) electrons. The average Bonchev–Trinajstić information content (AvgIpc) is 3.12. The Bertz CT molecular complexity index is 1950. The zero-order valence-corrected chi connectivity index (χ0v) is 29.0. The number of sulfone groups is 1. The molecule has 0 spiro atoms. The molecule has 0 aliphatic heterocycles. The average molecular weight is 699 g/mol. The van der Waals surface area contributed by atoms with Crippen LogP contribution in [0.2, 0.25) is 0 Å². The molecule has 0 atom stereocenters. The van der Waals surface area contributed by atoms with E-state index in [0.717, 1.165) is 39.8 Å². The molecule has 0 saturated carbocycles. The summed E-state index contributed by atoms with van der Waals surface area (Å²) in [7, 11) is -3.34. The molecule has 0 aliphatic carbocycles. The number of carboxylic acid groups (broad SMARTS) is 1. The van der Waals surface area contributed by atoms with Crippen LogP contribution >= 0.6 is 0 Å². The van der Waals surface area contributed by atoms with Gasteiger partial charge in [0.1, 0.15) is 36.2 Å². The first-order chi connectivity index (χ1) is 24.2. The van der Waals surface area contributed by atoms with Crippen molar-refractivity contribution in [3.8, 4) is 34.1 Å². The van der Waals surface area contributed by atoms with Crippen LogP contribution in [0.15, 0.2) is 114 Å². The number of benzene rings is 5. The van der Waals surface area contributed by atoms with Crippen molar-refractivity contribution in [1.82, 2.24) is 10.2 Å². The van der Waals surface area contributed by atoms with E-state index in [9.17, 15) is 13.2 Å². The molecule has 262 valence electrons. The highest BCUT2D eigenvalue weighted by Crippen LogP contribution is 2.41. The summed E-state index contributed by atoms with van der Waals surface area (Å²) in [6.07, 6.45) is 0.136. The first-order valence-electron chi connectivity index (χ1n) is 16.4. The van der Waals surface area contributed by atoms with Crippen LogP contribution < -0.4 is 19.5 Å². The van der Waals surface area contributed by atoms with Crippen LogP contribution in [-0.2, 0) is 21.2 Å². The van der Waals surface area contributed by atoms with Gasteiger partial charge in [0.15, 0.2) is 9.84 Å². The van der Waals surface area contributed by atoms with Gasteiger partial charge in [0.05, 0.1) is 18.1 Å². The van der Waals surface area contributed by atoms with Crippen molar-refractivity contribution in [2.75, 3.05) is 52.3 Å². The SMILES string of the molecule is CCN(CCOCCNC(=O)O)CCOc1ccc(Oc2c(-c3ccc(S(C)(=O)=O)cc3)ccc3cc(OCc4ccccc4)ccc23)cc1. The Morgan fingerprint density at radius 3 is 2.18 bits per heavy atom. The molecule has 0 aromatic heterocycles. The fourth-order valence-electron chi connectivity index (χ4n) is 5.30. The summed E-state index contributed by atoms with van der Waals surface area (Å²) in [5, 5.41) is 12.7. The second kappa shape index (κ2) is 17.5. The molecule has 11 heteroatoms. The third-order valence-electron chi connectivity index (χ3n) is 8.03. The number of hydrogen-bond donors (Lipinski definition) is 2. The van der Waals surface area contributed by atoms with E-state index < -0.39 is 15.9 Å². The Morgan fingerprint density at radius 2 is 1.48 bits per heavy atom. The quantitative estimate of drug-likeness (QED) is 0.0910. The van der Waals surface area contributed by atoms with Crippen molar-refractivity contribution in [2.45, 2.75) is 18.4 Å². The van der Waals surface area contributed by atoms with Gasteiger partial charge in [-0.05, 0) is 83.7 Å². The van der Waals surface area contributed by atoms with E-state index in [1.54, 1.807) is 24.3 Å². The molecule has 10 nitrogen and oxygen atoms in total. The number of nitrogens with zero attached hydrogens (tertiary/aromatic N) is 1. The molecule has 50 heavy (non-hydrogen) atoms. The van der Waals surface area contributed by atoms with Gasteiger partial charge in [0.25, 0.3) is 0 Å². The van der Waals surface area contributed by atoms with E-state index in [1.165, 1.54) is 6.26 Å². The van der Waals surface area contributed by atoms with Gasteiger partial charge in [0, 0.05) is 36.8 Å². The van der Waals surface area contributed by atoms with E-state index >= 15 is 0 Å². The molecule has 1 amide bonds. The van der Waals surface area contributed by atoms with Crippen molar-refractivity contribution >= 4 is 26.7 Å². The van der Waals surface area contributed by atoms with Crippen molar-refractivity contribution in [3.63, 3.8) is 0 Å². The molecule has 0 fully saturated rings. The summed E-state index contributed by atoms with van der Waals surface area (Å²) in [4.78, 5) is 13.0. The Hall–Kier alpha value is -5.10. The summed E-state index contributed by atoms with van der Waals surface area (Å²) in [6.45, 7) is 6.35. The fourth-order valence-corrected chi connectivity index (χ4v) is 5.93. The molecule has 0 unspecified atom stereocenters. The van der Waals surface area contributed by atoms with Gasteiger partial charge in [-0.2, -0.15) is 0 Å². The first-order valence-corrected chi connectivity index (χ1v) is 18.3. The van der Waals surface area contributed by atoms with Crippen molar-refractivity contribution in [1.29, 1.82) is 0 Å². The van der Waals surface area contributed by atoms with Crippen LogP contribution in [-0.4, -0.2) is 76.8 Å². The van der Waals surface area contributed by atoms with E-state index in [0.29, 0.717) is 56.8 Å². The number of amides is 1. The number of ether oxygens (including phenoxy) is 4. The molecule has 0 bridgehead atoms. The van der Waals surface area contributed by atoms with E-state index in [1.807, 2.05) is 84.9 Å². The Labute approximate surface area is 293 Å². The van der Waals surface area contributed by atoms with Gasteiger partial charge in [0.2, 0.25) is 0 Å². The van der Waals surface area contributed by atoms with Crippen molar-refractivity contribution < 1.29 is 37.3 Å². The second-order valence-electron chi connectivity index (χ2n) is 11.6. The number of fused-ring (bicyclic) bond motifs is 1. The molecular formula is C39H42N2O8S. The lowest BCUT2D eigenvalue weighted by atomic mass is 9.99. The van der Waals surface area contributed by atoms with Crippen LogP contribution in [0, 0.1) is 0 Å². The summed E-state index contributed by atoms with van der Waals surface area (Å²) < 4.78 is 48.4. The second-order valence-corrected chi connectivity index (χ2v) is 13.6. The van der Waals surface area contributed by atoms with Gasteiger partial charge in [-0.15, -0.1) is 0 Å². The van der Waals surface area contributed by atoms with Crippen LogP contribution in [0.1, 0.15) is 12.5 Å². The molecule has 0 aliphatic rings. The lowest BCUT2D eigenvalue weighted by molar-refractivity contribution is 0.100. The van der Waals surface area contributed by atoms with Gasteiger partial charge < -0.3 is 29.4 Å². The van der Waals surface area contributed by atoms with Crippen LogP contribution in [0.3, 0.4) is 0 Å². The Kier molecular flexibility index (Phi) is 12.7. The highest BCUT2D eigenvalue weighted by Gasteiger charge is 2.15. The number of rotatable bonds is 18. The minimum atomic E-state index is -3.34. The van der Waals surface area contributed by atoms with Crippen molar-refractivity contribution in [2.24, 2.45) is 0 Å². The normalized spacial score (nSPS) is 11.4. The van der Waals surface area contributed by atoms with E-state index in [-0.39, 0.29) is 11.4 Å². The summed E-state index contributed by atoms with van der Waals surface area (Å²) in [5.74, 6) is 2.70. The van der Waals surface area contributed by atoms with E-state index in [2.05, 4.69) is 17.1 Å². The molecular weight excluding hydrogens is 657 g/mol. The van der Waals surface area contributed by atoms with Gasteiger partial charge in [-0.25, -0.2) is 13.2 Å². The standard InChI is InChI=1S/C39H42N2O8S/c1-3-41(22-25-46-24-21-40-39(42)43)23-26-47-32-12-14-33(15-13-32)49-38-36(30-9-17-35(18-10-30)50(2,44)45)19-11-31-27-34(16-20-37(31)38)48-28-29-7-5-4-6-8-29/h4-20,27,40H,3,21-26,28H2,1-2H3,(H,42,43). The number of hydrogen-bond acceptors (Lipinski definition) is 8. The Balaban J connectivity index is 1.28. The van der Waals surface area contributed by atoms with Crippen LogP contribution in [0.25, 0.3) is 21.9 Å². The first kappa shape index (κ1) is 36.2. The predicted octanol–water partition coefficient (Wildman–Crippen LogP) is 7.27. The molecule has 5 rings (SSSR count). The third-order valence-corrected chi connectivity index (χ3v) is 9.15. The minimum Gasteiger partial charge on any atom is -0.492 e. The van der Waals surface area contributed by atoms with Gasteiger partial charge >= 0.3 is 6.09 Å². The summed E-state index contributed by atoms with van der Waals surface area (Å²) in [6, 6.07) is 34.1. The lowest BCUT2D eigenvalue weighted by Gasteiger charge is -2.20. The number of nitrogens with one attached hydrogen (secondary N) is 1. The smallest absolute Gasteiger partial charge is 0.404 e. The topological polar surface area (TPSA) is 124 Å². The zero-order valence-electron chi connectivity index (χ0n) is 28.2. The maximum atomic E-state index is 12.1. The molecule has 0 saturated heterocycles. The molecule has 0 heterocycles. The highest BCUT2D eigenvalue weighted by atomic mass is 32.2. The maximum absolute atomic E-state index is 12.1. The Morgan fingerprint density at radius 1 is 0.780 bits per heavy atom. The zero-order chi connectivity index (χ0) is 35.3. The maximum Gasteiger partial charge on any atom is 0.404 e. The number of carbonyl (C=O) groups is 1. The molecule has 5 aromatic carbocycles. The lowest BCUT2D eigenvalue weighted by Crippen LogP contribution is -2.32. The number of likely N-dealkylation sites (N-methyl/N-ethyl adjacent to an activating group) is 1. The summed E-state index contributed by atoms with van der Waals surface area (Å²) >= 11 is 0. The van der Waals surface area contributed by atoms with Crippen molar-refractivity contribution in [3.05, 3.63) is 115 Å². The summed E-state index contributed by atoms with van der Waals surface area (Å²) in [5.41, 5.74) is 2.72. The predicted molar refractivity (Wildman–Crippen MR) is 194 cm³/mol. The monoisotopic (exact) mass is 698 g/mol. The molecule has 5 aromatic rings. The highest BCUT2D eigenvalue weighted by molar-refractivity contribution is 7.90. The van der Waals surface area contributed by atoms with Gasteiger partial charge in [-0.1, -0.05) is 55.5 Å². The van der Waals surface area contributed by atoms with Gasteiger partial charge in [-0.3, -0.25) is 4.90 Å². The minimum absolute atomic E-state index is 0.251. The third kappa shape index (κ3) is 10.4.